The Hall–Kier alpha value is -1.66. The third-order valence-corrected chi connectivity index (χ3v) is 2.22. The van der Waals surface area contributed by atoms with Crippen molar-refractivity contribution < 1.29 is 9.53 Å². The van der Waals surface area contributed by atoms with E-state index in [1.54, 1.807) is 6.08 Å². The second-order valence-corrected chi connectivity index (χ2v) is 3.70. The predicted octanol–water partition coefficient (Wildman–Crippen LogP) is 2.54. The van der Waals surface area contributed by atoms with Crippen LogP contribution in [0.3, 0.4) is 0 Å². The summed E-state index contributed by atoms with van der Waals surface area (Å²) in [5, 5.41) is 0. The van der Waals surface area contributed by atoms with Crippen molar-refractivity contribution in [3.05, 3.63) is 41.5 Å². The molecular weight excluding hydrogens is 232 g/mol. The third-order valence-electron chi connectivity index (χ3n) is 1.99. The molecule has 0 saturated carbocycles. The first-order valence-corrected chi connectivity index (χ1v) is 5.85. The first-order valence-electron chi connectivity index (χ1n) is 5.22. The van der Waals surface area contributed by atoms with Crippen LogP contribution in [0.2, 0.25) is 0 Å². The summed E-state index contributed by atoms with van der Waals surface area (Å²) in [5.74, 6) is 6.46. The molecule has 2 nitrogen and oxygen atoms in total. The quantitative estimate of drug-likeness (QED) is 0.384. The van der Waals surface area contributed by atoms with Gasteiger partial charge in [0.05, 0.1) is 7.11 Å². The van der Waals surface area contributed by atoms with E-state index >= 15 is 0 Å². The summed E-state index contributed by atoms with van der Waals surface area (Å²) in [7, 11) is 1.35. The molecule has 1 aromatic rings. The summed E-state index contributed by atoms with van der Waals surface area (Å²) >= 11 is 4.08. The second-order valence-electron chi connectivity index (χ2n) is 3.25. The van der Waals surface area contributed by atoms with Crippen LogP contribution < -0.4 is 0 Å². The van der Waals surface area contributed by atoms with Crippen LogP contribution in [0.1, 0.15) is 17.5 Å². The molecule has 0 unspecified atom stereocenters. The van der Waals surface area contributed by atoms with Crippen molar-refractivity contribution >= 4 is 24.7 Å². The van der Waals surface area contributed by atoms with Gasteiger partial charge in [-0.1, -0.05) is 24.0 Å². The number of carbonyl (C=O) groups excluding carboxylic acids is 1. The van der Waals surface area contributed by atoms with Gasteiger partial charge in [0.15, 0.2) is 0 Å². The zero-order chi connectivity index (χ0) is 12.5. The number of carbonyl (C=O) groups is 1. The molecule has 0 fully saturated rings. The van der Waals surface area contributed by atoms with E-state index in [1.807, 2.05) is 24.3 Å². The molecule has 0 amide bonds. The fraction of sp³-hybridized carbons (Fsp3) is 0.214. The maximum absolute atomic E-state index is 10.9. The molecule has 0 N–H and O–H groups in total. The first kappa shape index (κ1) is 13.4. The zero-order valence-electron chi connectivity index (χ0n) is 9.64. The highest BCUT2D eigenvalue weighted by atomic mass is 32.1. The van der Waals surface area contributed by atoms with Gasteiger partial charge in [0.2, 0.25) is 0 Å². The summed E-state index contributed by atoms with van der Waals surface area (Å²) in [5.41, 5.74) is 1.90. The minimum absolute atomic E-state index is 0.359. The average Bonchev–Trinajstić information content (AvgIpc) is 2.37. The summed E-state index contributed by atoms with van der Waals surface area (Å²) < 4.78 is 4.51. The van der Waals surface area contributed by atoms with E-state index in [0.29, 0.717) is 0 Å². The van der Waals surface area contributed by atoms with Gasteiger partial charge in [-0.05, 0) is 23.8 Å². The number of methoxy groups -OCH3 is 1. The Kier molecular flexibility index (Phi) is 5.98. The van der Waals surface area contributed by atoms with Gasteiger partial charge in [0.1, 0.15) is 0 Å². The maximum atomic E-state index is 10.9. The number of hydrogen-bond donors (Lipinski definition) is 1. The highest BCUT2D eigenvalue weighted by Crippen LogP contribution is 2.05. The Morgan fingerprint density at radius 2 is 2.12 bits per heavy atom. The molecule has 1 aromatic carbocycles. The van der Waals surface area contributed by atoms with Gasteiger partial charge in [-0.2, -0.15) is 12.6 Å². The van der Waals surface area contributed by atoms with Crippen molar-refractivity contribution in [2.24, 2.45) is 0 Å². The molecule has 17 heavy (non-hydrogen) atoms. The molecule has 88 valence electrons. The SMILES string of the molecule is COC(=O)/C=C/c1ccc(C#CCCS)cc1. The van der Waals surface area contributed by atoms with Gasteiger partial charge >= 0.3 is 5.97 Å². The van der Waals surface area contributed by atoms with Crippen LogP contribution in [-0.2, 0) is 9.53 Å². The van der Waals surface area contributed by atoms with Crippen LogP contribution in [0, 0.1) is 11.8 Å². The Morgan fingerprint density at radius 1 is 1.41 bits per heavy atom. The lowest BCUT2D eigenvalue weighted by Crippen LogP contribution is -1.93. The number of rotatable bonds is 3. The van der Waals surface area contributed by atoms with Crippen molar-refractivity contribution in [2.75, 3.05) is 12.9 Å². The fourth-order valence-electron chi connectivity index (χ4n) is 1.13. The molecular formula is C14H14O2S. The normalized spacial score (nSPS) is 9.76. The van der Waals surface area contributed by atoms with Gasteiger partial charge in [0, 0.05) is 23.8 Å². The predicted molar refractivity (Wildman–Crippen MR) is 72.8 cm³/mol. The number of thiol groups is 1. The number of ether oxygens (including phenoxy) is 1. The Balaban J connectivity index is 2.66. The van der Waals surface area contributed by atoms with Crippen LogP contribution in [0.5, 0.6) is 0 Å². The molecule has 3 heteroatoms. The van der Waals surface area contributed by atoms with Crippen LogP contribution in [-0.4, -0.2) is 18.8 Å². The molecule has 0 bridgehead atoms. The van der Waals surface area contributed by atoms with Gasteiger partial charge in [-0.15, -0.1) is 0 Å². The van der Waals surface area contributed by atoms with E-state index in [9.17, 15) is 4.79 Å². The van der Waals surface area contributed by atoms with Gasteiger partial charge < -0.3 is 4.74 Å². The number of hydrogen-bond acceptors (Lipinski definition) is 3. The van der Waals surface area contributed by atoms with E-state index in [0.717, 1.165) is 23.3 Å². The maximum Gasteiger partial charge on any atom is 0.330 e. The topological polar surface area (TPSA) is 26.3 Å². The largest absolute Gasteiger partial charge is 0.466 e. The standard InChI is InChI=1S/C14H14O2S/c1-16-14(15)10-9-13-7-5-12(6-8-13)4-2-3-11-17/h5-10,17H,3,11H2,1H3/b10-9+. The van der Waals surface area contributed by atoms with Crippen LogP contribution >= 0.6 is 12.6 Å². The molecule has 0 aliphatic carbocycles. The molecule has 0 spiro atoms. The zero-order valence-corrected chi connectivity index (χ0v) is 10.5. The van der Waals surface area contributed by atoms with E-state index in [4.69, 9.17) is 0 Å². The lowest BCUT2D eigenvalue weighted by atomic mass is 10.1. The van der Waals surface area contributed by atoms with E-state index in [-0.39, 0.29) is 5.97 Å². The first-order chi connectivity index (χ1) is 8.26. The summed E-state index contributed by atoms with van der Waals surface area (Å²) in [6, 6.07) is 7.65. The monoisotopic (exact) mass is 246 g/mol. The van der Waals surface area contributed by atoms with Crippen LogP contribution in [0.4, 0.5) is 0 Å². The minimum Gasteiger partial charge on any atom is -0.466 e. The third kappa shape index (κ3) is 5.28. The summed E-state index contributed by atoms with van der Waals surface area (Å²) in [4.78, 5) is 10.9. The molecule has 0 radical (unpaired) electrons. The highest BCUT2D eigenvalue weighted by Gasteiger charge is 1.92. The van der Waals surface area contributed by atoms with Crippen molar-refractivity contribution in [3.63, 3.8) is 0 Å². The van der Waals surface area contributed by atoms with Gasteiger partial charge in [-0.3, -0.25) is 0 Å². The second kappa shape index (κ2) is 7.59. The van der Waals surface area contributed by atoms with Crippen molar-refractivity contribution in [1.29, 1.82) is 0 Å². The Morgan fingerprint density at radius 3 is 2.71 bits per heavy atom. The van der Waals surface area contributed by atoms with E-state index in [1.165, 1.54) is 13.2 Å². The van der Waals surface area contributed by atoms with E-state index in [2.05, 4.69) is 29.2 Å². The summed E-state index contributed by atoms with van der Waals surface area (Å²) in [6.45, 7) is 0. The molecule has 0 aliphatic rings. The molecule has 1 rings (SSSR count). The smallest absolute Gasteiger partial charge is 0.330 e. The van der Waals surface area contributed by atoms with Crippen molar-refractivity contribution in [3.8, 4) is 11.8 Å². The van der Waals surface area contributed by atoms with Crippen molar-refractivity contribution in [1.82, 2.24) is 0 Å². The average molecular weight is 246 g/mol. The minimum atomic E-state index is -0.359. The van der Waals surface area contributed by atoms with Gasteiger partial charge in [0.25, 0.3) is 0 Å². The molecule has 0 heterocycles. The molecule has 0 atom stereocenters. The Labute approximate surface area is 107 Å². The molecule has 0 aliphatic heterocycles. The lowest BCUT2D eigenvalue weighted by molar-refractivity contribution is -0.134. The molecule has 0 saturated heterocycles. The fourth-order valence-corrected chi connectivity index (χ4v) is 1.24. The van der Waals surface area contributed by atoms with Gasteiger partial charge in [-0.25, -0.2) is 4.79 Å². The molecule has 0 aromatic heterocycles. The number of benzene rings is 1. The van der Waals surface area contributed by atoms with Crippen molar-refractivity contribution in [2.45, 2.75) is 6.42 Å². The van der Waals surface area contributed by atoms with Crippen LogP contribution in [0.25, 0.3) is 6.08 Å². The Bertz CT molecular complexity index is 449. The van der Waals surface area contributed by atoms with E-state index < -0.39 is 0 Å². The number of esters is 1. The van der Waals surface area contributed by atoms with Crippen LogP contribution in [0.15, 0.2) is 30.3 Å². The summed E-state index contributed by atoms with van der Waals surface area (Å²) in [6.07, 6.45) is 3.88. The lowest BCUT2D eigenvalue weighted by Gasteiger charge is -1.94. The highest BCUT2D eigenvalue weighted by molar-refractivity contribution is 7.80.